The summed E-state index contributed by atoms with van der Waals surface area (Å²) in [6, 6.07) is 6.16. The molecule has 0 aromatic heterocycles. The number of nitrogens with zero attached hydrogens (tertiary/aromatic N) is 1. The van der Waals surface area contributed by atoms with Crippen LogP contribution in [0.4, 0.5) is 5.69 Å². The van der Waals surface area contributed by atoms with Gasteiger partial charge in [0.2, 0.25) is 5.91 Å². The van der Waals surface area contributed by atoms with Crippen LogP contribution in [0.1, 0.15) is 38.5 Å². The van der Waals surface area contributed by atoms with Gasteiger partial charge >= 0.3 is 0 Å². The molecule has 0 atom stereocenters. The summed E-state index contributed by atoms with van der Waals surface area (Å²) in [6.07, 6.45) is 6.06. The molecule has 0 bridgehead atoms. The lowest BCUT2D eigenvalue weighted by Crippen LogP contribution is -2.36. The van der Waals surface area contributed by atoms with Crippen molar-refractivity contribution >= 4 is 11.6 Å². The zero-order valence-electron chi connectivity index (χ0n) is 11.9. The van der Waals surface area contributed by atoms with E-state index in [1.165, 1.54) is 43.5 Å². The van der Waals surface area contributed by atoms with E-state index in [0.29, 0.717) is 18.2 Å². The first-order chi connectivity index (χ1) is 10.1. The predicted molar refractivity (Wildman–Crippen MR) is 78.2 cm³/mol. The number of nitro benzene ring substituents is 1. The van der Waals surface area contributed by atoms with Gasteiger partial charge in [0.05, 0.1) is 18.0 Å². The standard InChI is InChI=1S/C15H20N2O4/c18-15(16-12-4-2-1-3-5-12)10-11-21-14-8-6-13(7-9-14)17(19)20/h6-9,12H,1-5,10-11H2,(H,16,18). The van der Waals surface area contributed by atoms with Crippen LogP contribution >= 0.6 is 0 Å². The summed E-state index contributed by atoms with van der Waals surface area (Å²) >= 11 is 0. The van der Waals surface area contributed by atoms with Crippen molar-refractivity contribution < 1.29 is 14.5 Å². The van der Waals surface area contributed by atoms with Gasteiger partial charge in [0.15, 0.2) is 0 Å². The number of non-ortho nitro benzene ring substituents is 1. The van der Waals surface area contributed by atoms with Gasteiger partial charge in [0.25, 0.3) is 5.69 Å². The van der Waals surface area contributed by atoms with Crippen LogP contribution in [-0.4, -0.2) is 23.5 Å². The van der Waals surface area contributed by atoms with Crippen molar-refractivity contribution in [2.24, 2.45) is 0 Å². The van der Waals surface area contributed by atoms with Crippen molar-refractivity contribution in [3.63, 3.8) is 0 Å². The third-order valence-corrected chi connectivity index (χ3v) is 3.62. The minimum absolute atomic E-state index is 0.00353. The maximum absolute atomic E-state index is 11.8. The third-order valence-electron chi connectivity index (χ3n) is 3.62. The normalized spacial score (nSPS) is 15.4. The van der Waals surface area contributed by atoms with Gasteiger partial charge in [-0.25, -0.2) is 0 Å². The second kappa shape index (κ2) is 7.61. The van der Waals surface area contributed by atoms with Crippen molar-refractivity contribution in [3.8, 4) is 5.75 Å². The molecule has 1 aromatic rings. The Morgan fingerprint density at radius 3 is 2.52 bits per heavy atom. The van der Waals surface area contributed by atoms with Crippen molar-refractivity contribution in [1.82, 2.24) is 5.32 Å². The van der Waals surface area contributed by atoms with E-state index < -0.39 is 4.92 Å². The van der Waals surface area contributed by atoms with Gasteiger partial charge in [0, 0.05) is 18.2 Å². The second-order valence-corrected chi connectivity index (χ2v) is 5.25. The summed E-state index contributed by atoms with van der Waals surface area (Å²) in [5, 5.41) is 13.5. The molecule has 0 radical (unpaired) electrons. The molecule has 0 aliphatic heterocycles. The van der Waals surface area contributed by atoms with Crippen LogP contribution in [0.3, 0.4) is 0 Å². The minimum atomic E-state index is -0.457. The van der Waals surface area contributed by atoms with Crippen LogP contribution < -0.4 is 10.1 Å². The zero-order valence-corrected chi connectivity index (χ0v) is 11.9. The lowest BCUT2D eigenvalue weighted by atomic mass is 9.95. The smallest absolute Gasteiger partial charge is 0.269 e. The fourth-order valence-corrected chi connectivity index (χ4v) is 2.47. The van der Waals surface area contributed by atoms with Crippen molar-refractivity contribution in [3.05, 3.63) is 34.4 Å². The Labute approximate surface area is 123 Å². The van der Waals surface area contributed by atoms with Gasteiger partial charge in [-0.15, -0.1) is 0 Å². The van der Waals surface area contributed by atoms with Crippen LogP contribution in [0, 0.1) is 10.1 Å². The van der Waals surface area contributed by atoms with E-state index in [1.807, 2.05) is 0 Å². The number of hydrogen-bond donors (Lipinski definition) is 1. The first-order valence-electron chi connectivity index (χ1n) is 7.32. The van der Waals surface area contributed by atoms with Crippen LogP contribution in [0.2, 0.25) is 0 Å². The molecule has 1 saturated carbocycles. The molecule has 21 heavy (non-hydrogen) atoms. The van der Waals surface area contributed by atoms with Gasteiger partial charge in [-0.05, 0) is 25.0 Å². The Morgan fingerprint density at radius 1 is 1.24 bits per heavy atom. The highest BCUT2D eigenvalue weighted by atomic mass is 16.6. The molecule has 6 heteroatoms. The minimum Gasteiger partial charge on any atom is -0.493 e. The van der Waals surface area contributed by atoms with Gasteiger partial charge in [-0.2, -0.15) is 0 Å². The maximum Gasteiger partial charge on any atom is 0.269 e. The number of hydrogen-bond acceptors (Lipinski definition) is 4. The summed E-state index contributed by atoms with van der Waals surface area (Å²) in [6.45, 7) is 0.274. The van der Waals surface area contributed by atoms with Crippen molar-refractivity contribution in [2.75, 3.05) is 6.61 Å². The van der Waals surface area contributed by atoms with Crippen LogP contribution in [0.25, 0.3) is 0 Å². The number of nitrogens with one attached hydrogen (secondary N) is 1. The van der Waals surface area contributed by atoms with E-state index in [9.17, 15) is 14.9 Å². The van der Waals surface area contributed by atoms with Gasteiger partial charge < -0.3 is 10.1 Å². The first-order valence-corrected chi connectivity index (χ1v) is 7.32. The highest BCUT2D eigenvalue weighted by Crippen LogP contribution is 2.18. The predicted octanol–water partition coefficient (Wildman–Crippen LogP) is 2.81. The van der Waals surface area contributed by atoms with Crippen molar-refractivity contribution in [2.45, 2.75) is 44.6 Å². The molecule has 1 aromatic carbocycles. The van der Waals surface area contributed by atoms with E-state index in [-0.39, 0.29) is 18.2 Å². The monoisotopic (exact) mass is 292 g/mol. The molecule has 1 amide bonds. The van der Waals surface area contributed by atoms with E-state index in [1.54, 1.807) is 0 Å². The van der Waals surface area contributed by atoms with Gasteiger partial charge in [-0.3, -0.25) is 14.9 Å². The Hall–Kier alpha value is -2.11. The Balaban J connectivity index is 1.68. The fraction of sp³-hybridized carbons (Fsp3) is 0.533. The van der Waals surface area contributed by atoms with Gasteiger partial charge in [-0.1, -0.05) is 19.3 Å². The number of carbonyl (C=O) groups is 1. The van der Waals surface area contributed by atoms with E-state index in [4.69, 9.17) is 4.74 Å². The van der Waals surface area contributed by atoms with Crippen molar-refractivity contribution in [1.29, 1.82) is 0 Å². The number of amides is 1. The zero-order chi connectivity index (χ0) is 15.1. The number of carbonyl (C=O) groups excluding carboxylic acids is 1. The Kier molecular flexibility index (Phi) is 5.54. The van der Waals surface area contributed by atoms with E-state index in [2.05, 4.69) is 5.32 Å². The average molecular weight is 292 g/mol. The maximum atomic E-state index is 11.8. The van der Waals surface area contributed by atoms with Crippen LogP contribution in [0.15, 0.2) is 24.3 Å². The highest BCUT2D eigenvalue weighted by molar-refractivity contribution is 5.76. The molecule has 1 N–H and O–H groups in total. The molecule has 0 heterocycles. The molecule has 0 saturated heterocycles. The quantitative estimate of drug-likeness (QED) is 0.645. The van der Waals surface area contributed by atoms with Gasteiger partial charge in [0.1, 0.15) is 5.75 Å². The molecule has 114 valence electrons. The number of benzene rings is 1. The van der Waals surface area contributed by atoms with E-state index >= 15 is 0 Å². The average Bonchev–Trinajstić information content (AvgIpc) is 2.49. The highest BCUT2D eigenvalue weighted by Gasteiger charge is 2.15. The Bertz CT molecular complexity index is 481. The summed E-state index contributed by atoms with van der Waals surface area (Å²) in [5.41, 5.74) is 0.0254. The number of nitro groups is 1. The SMILES string of the molecule is O=C(CCOc1ccc([N+](=O)[O-])cc1)NC1CCCCC1. The first kappa shape index (κ1) is 15.3. The summed E-state index contributed by atoms with van der Waals surface area (Å²) in [5.74, 6) is 0.537. The summed E-state index contributed by atoms with van der Waals surface area (Å²) in [7, 11) is 0. The van der Waals surface area contributed by atoms with Crippen LogP contribution in [0.5, 0.6) is 5.75 Å². The molecule has 2 rings (SSSR count). The molecule has 1 fully saturated rings. The van der Waals surface area contributed by atoms with E-state index in [0.717, 1.165) is 12.8 Å². The Morgan fingerprint density at radius 2 is 1.90 bits per heavy atom. The second-order valence-electron chi connectivity index (χ2n) is 5.25. The lowest BCUT2D eigenvalue weighted by Gasteiger charge is -2.22. The molecule has 1 aliphatic rings. The third kappa shape index (κ3) is 5.06. The largest absolute Gasteiger partial charge is 0.493 e. The number of rotatable bonds is 6. The topological polar surface area (TPSA) is 81.5 Å². The lowest BCUT2D eigenvalue weighted by molar-refractivity contribution is -0.384. The molecule has 0 unspecified atom stereocenters. The number of ether oxygens (including phenoxy) is 1. The fourth-order valence-electron chi connectivity index (χ4n) is 2.47. The molecule has 0 spiro atoms. The molecular formula is C15H20N2O4. The molecule has 6 nitrogen and oxygen atoms in total. The van der Waals surface area contributed by atoms with Crippen LogP contribution in [-0.2, 0) is 4.79 Å². The molecular weight excluding hydrogens is 272 g/mol. The summed E-state index contributed by atoms with van der Waals surface area (Å²) < 4.78 is 5.42. The molecule has 1 aliphatic carbocycles. The summed E-state index contributed by atoms with van der Waals surface area (Å²) in [4.78, 5) is 21.8.